The van der Waals surface area contributed by atoms with Gasteiger partial charge in [-0.25, -0.2) is 12.8 Å². The fourth-order valence-corrected chi connectivity index (χ4v) is 6.34. The molecule has 7 heteroatoms. The Morgan fingerprint density at radius 1 is 0.931 bits per heavy atom. The minimum absolute atomic E-state index is 0.140. The molecule has 2 aromatic carbocycles. The highest BCUT2D eigenvalue weighted by atomic mass is 32.2. The molecule has 29 heavy (non-hydrogen) atoms. The third kappa shape index (κ3) is 3.06. The van der Waals surface area contributed by atoms with E-state index >= 15 is 0 Å². The van der Waals surface area contributed by atoms with E-state index in [1.165, 1.54) is 24.3 Å². The molecule has 0 amide bonds. The molecule has 0 radical (unpaired) electrons. The van der Waals surface area contributed by atoms with Crippen LogP contribution in [-0.4, -0.2) is 42.9 Å². The van der Waals surface area contributed by atoms with Crippen molar-refractivity contribution in [2.75, 3.05) is 13.1 Å². The maximum Gasteiger partial charge on any atom is 0.243 e. The number of nitrogens with zero attached hydrogens (tertiary/aromatic N) is 2. The summed E-state index contributed by atoms with van der Waals surface area (Å²) < 4.78 is 41.1. The van der Waals surface area contributed by atoms with Crippen molar-refractivity contribution in [2.24, 2.45) is 0 Å². The topological polar surface area (TPSA) is 62.3 Å². The first-order chi connectivity index (χ1) is 14.1. The maximum atomic E-state index is 13.2. The Hall–Kier alpha value is -2.61. The van der Waals surface area contributed by atoms with Crippen molar-refractivity contribution in [3.63, 3.8) is 0 Å². The van der Waals surface area contributed by atoms with E-state index in [0.29, 0.717) is 13.1 Å². The van der Waals surface area contributed by atoms with Gasteiger partial charge in [-0.05, 0) is 47.0 Å². The predicted octanol–water partition coefficient (Wildman–Crippen LogP) is 3.02. The maximum absolute atomic E-state index is 13.2. The summed E-state index contributed by atoms with van der Waals surface area (Å²) >= 11 is 0. The van der Waals surface area contributed by atoms with Gasteiger partial charge in [0.1, 0.15) is 5.82 Å². The molecule has 0 spiro atoms. The lowest BCUT2D eigenvalue weighted by Crippen LogP contribution is -2.73. The van der Waals surface area contributed by atoms with Crippen LogP contribution in [-0.2, 0) is 10.0 Å². The smallest absolute Gasteiger partial charge is 0.243 e. The molecule has 5 nitrogen and oxygen atoms in total. The van der Waals surface area contributed by atoms with Gasteiger partial charge in [0, 0.05) is 43.5 Å². The molecule has 2 aliphatic rings. The number of pyridine rings is 1. The highest BCUT2D eigenvalue weighted by Crippen LogP contribution is 2.46. The first-order valence-electron chi connectivity index (χ1n) is 9.56. The highest BCUT2D eigenvalue weighted by Gasteiger charge is 2.56. The van der Waals surface area contributed by atoms with Gasteiger partial charge in [0.05, 0.1) is 4.90 Å². The number of sulfonamides is 1. The molecule has 2 fully saturated rings. The Kier molecular flexibility index (Phi) is 4.46. The van der Waals surface area contributed by atoms with Crippen LogP contribution in [0.3, 0.4) is 0 Å². The van der Waals surface area contributed by atoms with Crippen LogP contribution in [0.1, 0.15) is 11.5 Å². The normalized spacial score (nSPS) is 24.1. The van der Waals surface area contributed by atoms with Crippen LogP contribution in [0.25, 0.3) is 11.1 Å². The first-order valence-corrected chi connectivity index (χ1v) is 11.0. The van der Waals surface area contributed by atoms with Crippen molar-refractivity contribution < 1.29 is 12.8 Å². The van der Waals surface area contributed by atoms with E-state index in [4.69, 9.17) is 0 Å². The largest absolute Gasteiger partial charge is 0.313 e. The van der Waals surface area contributed by atoms with E-state index < -0.39 is 15.8 Å². The molecule has 3 aromatic rings. The number of hydrogen-bond donors (Lipinski definition) is 1. The van der Waals surface area contributed by atoms with E-state index in [2.05, 4.69) is 34.6 Å². The van der Waals surface area contributed by atoms with Crippen LogP contribution in [0, 0.1) is 5.82 Å². The van der Waals surface area contributed by atoms with Gasteiger partial charge in [-0.3, -0.25) is 4.98 Å². The molecule has 3 heterocycles. The molecule has 148 valence electrons. The van der Waals surface area contributed by atoms with Gasteiger partial charge in [0.2, 0.25) is 10.0 Å². The lowest BCUT2D eigenvalue weighted by Gasteiger charge is -2.57. The second-order valence-electron chi connectivity index (χ2n) is 7.47. The summed E-state index contributed by atoms with van der Waals surface area (Å²) in [5, 5.41) is 3.31. The number of nitrogens with one attached hydrogen (secondary N) is 1. The molecule has 0 saturated carbocycles. The van der Waals surface area contributed by atoms with Gasteiger partial charge in [-0.2, -0.15) is 4.31 Å². The summed E-state index contributed by atoms with van der Waals surface area (Å²) in [4.78, 5) is 4.30. The third-order valence-corrected chi connectivity index (χ3v) is 7.83. The van der Waals surface area contributed by atoms with Crippen LogP contribution < -0.4 is 5.32 Å². The van der Waals surface area contributed by atoms with Crippen molar-refractivity contribution in [3.8, 4) is 11.1 Å². The van der Waals surface area contributed by atoms with Crippen molar-refractivity contribution in [2.45, 2.75) is 22.9 Å². The van der Waals surface area contributed by atoms with Crippen molar-refractivity contribution >= 4 is 10.0 Å². The molecule has 0 aliphatic carbocycles. The van der Waals surface area contributed by atoms with Crippen LogP contribution in [0.15, 0.2) is 78.0 Å². The van der Waals surface area contributed by atoms with Crippen molar-refractivity contribution in [3.05, 3.63) is 84.4 Å². The minimum Gasteiger partial charge on any atom is -0.313 e. The summed E-state index contributed by atoms with van der Waals surface area (Å²) in [5.41, 5.74) is 3.27. The van der Waals surface area contributed by atoms with E-state index in [1.54, 1.807) is 10.5 Å². The SMILES string of the molecule is O=S(=O)(c1ccc(F)cc1)N1[C@@H]2CNC[C@H]1C2c1ccc(-c2cccnc2)cc1. The van der Waals surface area contributed by atoms with Crippen molar-refractivity contribution in [1.82, 2.24) is 14.6 Å². The lowest BCUT2D eigenvalue weighted by atomic mass is 9.74. The molecule has 1 aromatic heterocycles. The number of halogens is 1. The molecular formula is C22H20FN3O2S. The Labute approximate surface area is 169 Å². The Balaban J connectivity index is 1.42. The highest BCUT2D eigenvalue weighted by molar-refractivity contribution is 7.89. The molecule has 2 aliphatic heterocycles. The molecule has 1 N–H and O–H groups in total. The van der Waals surface area contributed by atoms with Crippen LogP contribution in [0.5, 0.6) is 0 Å². The van der Waals surface area contributed by atoms with Gasteiger partial charge in [-0.15, -0.1) is 0 Å². The van der Waals surface area contributed by atoms with Crippen LogP contribution in [0.2, 0.25) is 0 Å². The van der Waals surface area contributed by atoms with Crippen LogP contribution in [0.4, 0.5) is 4.39 Å². The first kappa shape index (κ1) is 18.4. The zero-order chi connectivity index (χ0) is 20.0. The quantitative estimate of drug-likeness (QED) is 0.720. The predicted molar refractivity (Wildman–Crippen MR) is 108 cm³/mol. The number of piperazine rings is 1. The summed E-state index contributed by atoms with van der Waals surface area (Å²) in [6.07, 6.45) is 3.57. The number of rotatable bonds is 4. The molecular weight excluding hydrogens is 389 g/mol. The Morgan fingerprint density at radius 2 is 1.62 bits per heavy atom. The minimum atomic E-state index is -3.65. The number of fused-ring (bicyclic) bond motifs is 2. The Morgan fingerprint density at radius 3 is 2.24 bits per heavy atom. The summed E-state index contributed by atoms with van der Waals surface area (Å²) in [6.45, 7) is 1.21. The fourth-order valence-electron chi connectivity index (χ4n) is 4.49. The van der Waals surface area contributed by atoms with Gasteiger partial charge in [-0.1, -0.05) is 30.3 Å². The standard InChI is InChI=1S/C22H20FN3O2S/c23-18-7-9-19(10-8-18)29(27,28)26-20-13-25-14-21(26)22(20)16-5-3-15(4-6-16)17-2-1-11-24-12-17/h1-12,20-22,25H,13-14H2/t20-,21+,22?. The van der Waals surface area contributed by atoms with Crippen LogP contribution >= 0.6 is 0 Å². The van der Waals surface area contributed by atoms with Gasteiger partial charge in [0.25, 0.3) is 0 Å². The molecule has 2 saturated heterocycles. The van der Waals surface area contributed by atoms with E-state index in [1.807, 2.05) is 18.3 Å². The number of benzene rings is 2. The summed E-state index contributed by atoms with van der Waals surface area (Å²) in [5.74, 6) is -0.296. The molecule has 2 bridgehead atoms. The van der Waals surface area contributed by atoms with E-state index in [0.717, 1.165) is 16.7 Å². The average molecular weight is 409 g/mol. The number of piperidine rings is 1. The zero-order valence-corrected chi connectivity index (χ0v) is 16.4. The third-order valence-electron chi connectivity index (χ3n) is 5.87. The van der Waals surface area contributed by atoms with E-state index in [9.17, 15) is 12.8 Å². The number of aromatic nitrogens is 1. The lowest BCUT2D eigenvalue weighted by molar-refractivity contribution is 0.0370. The van der Waals surface area contributed by atoms with Crippen molar-refractivity contribution in [1.29, 1.82) is 0 Å². The molecule has 5 rings (SSSR count). The molecule has 1 unspecified atom stereocenters. The second kappa shape index (κ2) is 7.02. The monoisotopic (exact) mass is 409 g/mol. The van der Waals surface area contributed by atoms with Gasteiger partial charge < -0.3 is 5.32 Å². The van der Waals surface area contributed by atoms with Gasteiger partial charge in [0.15, 0.2) is 0 Å². The summed E-state index contributed by atoms with van der Waals surface area (Å²) in [7, 11) is -3.65. The zero-order valence-electron chi connectivity index (χ0n) is 15.6. The summed E-state index contributed by atoms with van der Waals surface area (Å²) in [6, 6.07) is 17.0. The second-order valence-corrected chi connectivity index (χ2v) is 9.31. The molecule has 3 atom stereocenters. The van der Waals surface area contributed by atoms with E-state index in [-0.39, 0.29) is 22.9 Å². The van der Waals surface area contributed by atoms with Gasteiger partial charge >= 0.3 is 0 Å². The average Bonchev–Trinajstić information content (AvgIpc) is 2.75. The number of hydrogen-bond acceptors (Lipinski definition) is 4. The Bertz CT molecular complexity index is 1110. The fraction of sp³-hybridized carbons (Fsp3) is 0.227.